The van der Waals surface area contributed by atoms with Crippen molar-refractivity contribution in [1.82, 2.24) is 19.7 Å². The average Bonchev–Trinajstić information content (AvgIpc) is 2.99. The number of nitrogens with one attached hydrogen (secondary N) is 2. The zero-order valence-corrected chi connectivity index (χ0v) is 17.1. The number of fused-ring (bicyclic) bond motifs is 1. The molecule has 30 heavy (non-hydrogen) atoms. The lowest BCUT2D eigenvalue weighted by atomic mass is 10.1. The van der Waals surface area contributed by atoms with Crippen LogP contribution in [0.25, 0.3) is 5.95 Å². The van der Waals surface area contributed by atoms with Crippen LogP contribution in [-0.2, 0) is 11.2 Å². The third kappa shape index (κ3) is 4.05. The number of nitrogens with zero attached hydrogens (tertiary/aromatic N) is 3. The lowest BCUT2D eigenvalue weighted by Gasteiger charge is -2.19. The van der Waals surface area contributed by atoms with Crippen LogP contribution < -0.4 is 20.3 Å². The van der Waals surface area contributed by atoms with Crippen molar-refractivity contribution < 1.29 is 14.3 Å². The molecule has 1 amide bonds. The number of aromatic amines is 1. The molecule has 0 spiro atoms. The zero-order valence-electron chi connectivity index (χ0n) is 17.1. The molecule has 156 valence electrons. The highest BCUT2D eigenvalue weighted by molar-refractivity contribution is 5.91. The highest BCUT2D eigenvalue weighted by Gasteiger charge is 2.17. The highest BCUT2D eigenvalue weighted by Crippen LogP contribution is 2.32. The number of carbonyl (C=O) groups is 1. The molecule has 0 atom stereocenters. The lowest BCUT2D eigenvalue weighted by Crippen LogP contribution is -2.16. The Bertz CT molecular complexity index is 1160. The summed E-state index contributed by atoms with van der Waals surface area (Å²) in [5.74, 6) is 1.57. The normalized spacial score (nSPS) is 12.6. The van der Waals surface area contributed by atoms with Crippen molar-refractivity contribution in [3.8, 4) is 17.4 Å². The Labute approximate surface area is 173 Å². The molecule has 3 heterocycles. The van der Waals surface area contributed by atoms with Crippen molar-refractivity contribution in [1.29, 1.82) is 0 Å². The first kappa shape index (κ1) is 19.7. The summed E-state index contributed by atoms with van der Waals surface area (Å²) in [6, 6.07) is 6.77. The van der Waals surface area contributed by atoms with Crippen molar-refractivity contribution in [2.75, 3.05) is 18.5 Å². The van der Waals surface area contributed by atoms with Crippen LogP contribution in [0.4, 0.5) is 5.69 Å². The van der Waals surface area contributed by atoms with Gasteiger partial charge in [-0.15, -0.1) is 0 Å². The van der Waals surface area contributed by atoms with Crippen molar-refractivity contribution in [2.45, 2.75) is 33.6 Å². The van der Waals surface area contributed by atoms with Crippen LogP contribution in [0.15, 0.2) is 29.1 Å². The molecule has 0 aliphatic carbocycles. The van der Waals surface area contributed by atoms with Gasteiger partial charge in [-0.2, -0.15) is 5.10 Å². The van der Waals surface area contributed by atoms with Gasteiger partial charge in [-0.1, -0.05) is 0 Å². The van der Waals surface area contributed by atoms with E-state index in [2.05, 4.69) is 20.4 Å². The van der Waals surface area contributed by atoms with Crippen molar-refractivity contribution in [2.24, 2.45) is 0 Å². The Kier molecular flexibility index (Phi) is 5.26. The van der Waals surface area contributed by atoms with E-state index in [1.54, 1.807) is 29.8 Å². The summed E-state index contributed by atoms with van der Waals surface area (Å²) in [4.78, 5) is 31.3. The van der Waals surface area contributed by atoms with Gasteiger partial charge in [0.15, 0.2) is 11.5 Å². The minimum Gasteiger partial charge on any atom is -0.486 e. The second-order valence-corrected chi connectivity index (χ2v) is 7.18. The Morgan fingerprint density at radius 2 is 1.93 bits per heavy atom. The first-order valence-electron chi connectivity index (χ1n) is 9.73. The van der Waals surface area contributed by atoms with E-state index in [1.165, 1.54) is 6.07 Å². The Hall–Kier alpha value is -3.62. The topological polar surface area (TPSA) is 111 Å². The molecule has 0 radical (unpaired) electrons. The van der Waals surface area contributed by atoms with Gasteiger partial charge in [0.2, 0.25) is 11.9 Å². The van der Waals surface area contributed by atoms with E-state index in [1.807, 2.05) is 13.8 Å². The van der Waals surface area contributed by atoms with Gasteiger partial charge in [-0.3, -0.25) is 14.6 Å². The summed E-state index contributed by atoms with van der Waals surface area (Å²) in [6.45, 7) is 6.56. The van der Waals surface area contributed by atoms with Gasteiger partial charge < -0.3 is 14.8 Å². The first-order chi connectivity index (χ1) is 14.4. The highest BCUT2D eigenvalue weighted by atomic mass is 16.6. The van der Waals surface area contributed by atoms with Crippen LogP contribution in [-0.4, -0.2) is 38.9 Å². The van der Waals surface area contributed by atoms with E-state index in [4.69, 9.17) is 9.47 Å². The average molecular weight is 409 g/mol. The lowest BCUT2D eigenvalue weighted by molar-refractivity contribution is -0.116. The van der Waals surface area contributed by atoms with Crippen LogP contribution in [0.2, 0.25) is 0 Å². The summed E-state index contributed by atoms with van der Waals surface area (Å²) in [7, 11) is 0. The maximum atomic E-state index is 12.5. The van der Waals surface area contributed by atoms with Gasteiger partial charge in [0.25, 0.3) is 5.56 Å². The SMILES string of the molecule is Cc1cc(=O)[nH]c(-n2nc(C)c(CCC(=O)Nc3ccc4c(c3)OCCO4)c2C)n1. The Morgan fingerprint density at radius 3 is 2.70 bits per heavy atom. The van der Waals surface area contributed by atoms with Gasteiger partial charge in [0, 0.05) is 35.6 Å². The summed E-state index contributed by atoms with van der Waals surface area (Å²) in [6.07, 6.45) is 0.809. The molecule has 2 aromatic heterocycles. The standard InChI is InChI=1S/C21H23N5O4/c1-12-10-20(28)24-21(22-12)26-14(3)16(13(2)25-26)5-7-19(27)23-15-4-6-17-18(11-15)30-9-8-29-17/h4,6,10-11H,5,7-9H2,1-3H3,(H,23,27)(H,22,24,28). The molecule has 9 heteroatoms. The molecule has 0 fully saturated rings. The Morgan fingerprint density at radius 1 is 1.17 bits per heavy atom. The summed E-state index contributed by atoms with van der Waals surface area (Å²) in [5.41, 5.74) is 3.63. The van der Waals surface area contributed by atoms with E-state index in [9.17, 15) is 9.59 Å². The number of H-pyrrole nitrogens is 1. The number of aromatic nitrogens is 4. The molecule has 0 bridgehead atoms. The molecule has 1 aliphatic rings. The molecule has 1 aromatic carbocycles. The predicted octanol–water partition coefficient (Wildman–Crippen LogP) is 2.22. The van der Waals surface area contributed by atoms with Crippen LogP contribution >= 0.6 is 0 Å². The number of rotatable bonds is 5. The number of amides is 1. The fraction of sp³-hybridized carbons (Fsp3) is 0.333. The third-order valence-corrected chi connectivity index (χ3v) is 4.93. The fourth-order valence-electron chi connectivity index (χ4n) is 3.49. The van der Waals surface area contributed by atoms with Gasteiger partial charge in [0.05, 0.1) is 5.69 Å². The Balaban J connectivity index is 1.45. The van der Waals surface area contributed by atoms with Gasteiger partial charge >= 0.3 is 0 Å². The fourth-order valence-corrected chi connectivity index (χ4v) is 3.49. The quantitative estimate of drug-likeness (QED) is 0.668. The minimum atomic E-state index is -0.231. The molecule has 4 rings (SSSR count). The largest absolute Gasteiger partial charge is 0.486 e. The second-order valence-electron chi connectivity index (χ2n) is 7.18. The van der Waals surface area contributed by atoms with Crippen molar-refractivity contribution in [3.63, 3.8) is 0 Å². The van der Waals surface area contributed by atoms with Crippen LogP contribution in [0.5, 0.6) is 11.5 Å². The number of carbonyl (C=O) groups excluding carboxylic acids is 1. The van der Waals surface area contributed by atoms with Crippen molar-refractivity contribution >= 4 is 11.6 Å². The summed E-state index contributed by atoms with van der Waals surface area (Å²) in [5, 5.41) is 7.39. The molecule has 2 N–H and O–H groups in total. The van der Waals surface area contributed by atoms with E-state index >= 15 is 0 Å². The van der Waals surface area contributed by atoms with Crippen molar-refractivity contribution in [3.05, 3.63) is 57.3 Å². The molecule has 9 nitrogen and oxygen atoms in total. The number of ether oxygens (including phenoxy) is 2. The smallest absolute Gasteiger partial charge is 0.252 e. The molecule has 1 aliphatic heterocycles. The molecular weight excluding hydrogens is 386 g/mol. The number of benzene rings is 1. The number of aryl methyl sites for hydroxylation is 2. The molecule has 3 aromatic rings. The molecule has 0 unspecified atom stereocenters. The molecular formula is C21H23N5O4. The molecule has 0 saturated carbocycles. The minimum absolute atomic E-state index is 0.111. The van der Waals surface area contributed by atoms with E-state index in [0.29, 0.717) is 54.9 Å². The maximum absolute atomic E-state index is 12.5. The third-order valence-electron chi connectivity index (χ3n) is 4.93. The number of hydrogen-bond donors (Lipinski definition) is 2. The van der Waals surface area contributed by atoms with E-state index in [0.717, 1.165) is 17.0 Å². The van der Waals surface area contributed by atoms with Crippen LogP contribution in [0.3, 0.4) is 0 Å². The van der Waals surface area contributed by atoms with Crippen LogP contribution in [0.1, 0.15) is 29.1 Å². The predicted molar refractivity (Wildman–Crippen MR) is 111 cm³/mol. The van der Waals surface area contributed by atoms with Gasteiger partial charge in [-0.25, -0.2) is 9.67 Å². The van der Waals surface area contributed by atoms with Crippen LogP contribution in [0, 0.1) is 20.8 Å². The summed E-state index contributed by atoms with van der Waals surface area (Å²) < 4.78 is 12.7. The summed E-state index contributed by atoms with van der Waals surface area (Å²) >= 11 is 0. The zero-order chi connectivity index (χ0) is 21.3. The second kappa shape index (κ2) is 8.02. The number of hydrogen-bond acceptors (Lipinski definition) is 6. The van der Waals surface area contributed by atoms with E-state index in [-0.39, 0.29) is 11.5 Å². The monoisotopic (exact) mass is 409 g/mol. The van der Waals surface area contributed by atoms with Gasteiger partial charge in [-0.05, 0) is 44.9 Å². The first-order valence-corrected chi connectivity index (χ1v) is 9.73. The number of anilines is 1. The van der Waals surface area contributed by atoms with E-state index < -0.39 is 0 Å². The maximum Gasteiger partial charge on any atom is 0.252 e. The van der Waals surface area contributed by atoms with Gasteiger partial charge in [0.1, 0.15) is 13.2 Å². The molecule has 0 saturated heterocycles.